The maximum absolute atomic E-state index is 9.75. The average molecular weight is 174 g/mol. The molecule has 0 saturated carbocycles. The number of hydrogen-bond donors (Lipinski definition) is 3. The van der Waals surface area contributed by atoms with Crippen LogP contribution in [0.2, 0.25) is 0 Å². The van der Waals surface area contributed by atoms with Crippen LogP contribution in [-0.4, -0.2) is 34.5 Å². The number of hydrogen-bond acceptors (Lipinski definition) is 3. The van der Waals surface area contributed by atoms with E-state index in [0.717, 1.165) is 6.08 Å². The van der Waals surface area contributed by atoms with Crippen molar-refractivity contribution in [3.05, 3.63) is 24.3 Å². The molecule has 0 aliphatic rings. The number of aliphatic carboxylic acids is 1. The number of rotatable bonds is 3. The summed E-state index contributed by atoms with van der Waals surface area (Å²) in [6.45, 7) is 1.58. The van der Waals surface area contributed by atoms with E-state index in [4.69, 9.17) is 15.3 Å². The number of carbonyl (C=O) groups is 1. The van der Waals surface area contributed by atoms with E-state index >= 15 is 0 Å². The molecule has 0 aromatic rings. The first-order chi connectivity index (χ1) is 5.68. The van der Waals surface area contributed by atoms with Crippen molar-refractivity contribution in [2.24, 2.45) is 0 Å². The minimum Gasteiger partial charge on any atom is -0.478 e. The molecule has 0 unspecified atom stereocenters. The molecule has 0 aliphatic heterocycles. The normalized spacial score (nSPS) is 9.92. The van der Waals surface area contributed by atoms with Gasteiger partial charge in [-0.05, 0) is 6.92 Å². The summed E-state index contributed by atoms with van der Waals surface area (Å²) in [5, 5.41) is 23.3. The molecule has 0 fully saturated rings. The van der Waals surface area contributed by atoms with Gasteiger partial charge in [0, 0.05) is 6.08 Å². The van der Waals surface area contributed by atoms with Crippen LogP contribution in [-0.2, 0) is 4.79 Å². The minimum atomic E-state index is -0.914. The molecule has 0 aliphatic carbocycles. The van der Waals surface area contributed by atoms with E-state index in [0.29, 0.717) is 0 Å². The van der Waals surface area contributed by atoms with Crippen LogP contribution in [0.1, 0.15) is 6.92 Å². The van der Waals surface area contributed by atoms with E-state index in [-0.39, 0.29) is 13.2 Å². The van der Waals surface area contributed by atoms with E-state index in [1.165, 1.54) is 6.08 Å². The van der Waals surface area contributed by atoms with Gasteiger partial charge in [-0.2, -0.15) is 0 Å². The quantitative estimate of drug-likeness (QED) is 0.421. The molecule has 0 bridgehead atoms. The lowest BCUT2D eigenvalue weighted by Gasteiger charge is -1.72. The van der Waals surface area contributed by atoms with Crippen molar-refractivity contribution < 1.29 is 20.1 Å². The fourth-order valence-electron chi connectivity index (χ4n) is 0.249. The molecule has 0 amide bonds. The first kappa shape index (κ1) is 13.5. The molecule has 0 heterocycles. The van der Waals surface area contributed by atoms with Gasteiger partial charge in [-0.1, -0.05) is 18.2 Å². The smallest absolute Gasteiger partial charge is 0.328 e. The average Bonchev–Trinajstić information content (AvgIpc) is 2.05. The molecule has 0 radical (unpaired) electrons. The van der Waals surface area contributed by atoms with Crippen molar-refractivity contribution in [3.63, 3.8) is 0 Å². The van der Waals surface area contributed by atoms with Crippen molar-refractivity contribution in [2.45, 2.75) is 6.92 Å². The van der Waals surface area contributed by atoms with E-state index in [2.05, 4.69) is 0 Å². The molecule has 12 heavy (non-hydrogen) atoms. The molecule has 0 rings (SSSR count). The van der Waals surface area contributed by atoms with Crippen LogP contribution in [0.25, 0.3) is 0 Å². The maximum Gasteiger partial charge on any atom is 0.328 e. The molecule has 0 aromatic carbocycles. The Morgan fingerprint density at radius 3 is 2.00 bits per heavy atom. The SMILES string of the molecule is C/C=C/C=C/C(=O)O.OCCO. The number of aliphatic hydroxyl groups is 2. The summed E-state index contributed by atoms with van der Waals surface area (Å²) in [6, 6.07) is 0. The molecule has 4 nitrogen and oxygen atoms in total. The highest BCUT2D eigenvalue weighted by atomic mass is 16.4. The molecule has 70 valence electrons. The zero-order valence-electron chi connectivity index (χ0n) is 6.97. The molecule has 0 aromatic heterocycles. The van der Waals surface area contributed by atoms with Gasteiger partial charge < -0.3 is 15.3 Å². The van der Waals surface area contributed by atoms with E-state index in [1.807, 2.05) is 6.92 Å². The third-order valence-electron chi connectivity index (χ3n) is 0.642. The molecular weight excluding hydrogens is 160 g/mol. The van der Waals surface area contributed by atoms with Gasteiger partial charge in [0.05, 0.1) is 13.2 Å². The molecule has 0 atom stereocenters. The highest BCUT2D eigenvalue weighted by Gasteiger charge is 1.78. The van der Waals surface area contributed by atoms with Crippen LogP contribution in [0.15, 0.2) is 24.3 Å². The highest BCUT2D eigenvalue weighted by Crippen LogP contribution is 1.74. The second kappa shape index (κ2) is 12.5. The number of allylic oxidation sites excluding steroid dienone is 3. The molecule has 0 spiro atoms. The van der Waals surface area contributed by atoms with Crippen LogP contribution in [0.5, 0.6) is 0 Å². The predicted molar refractivity (Wildman–Crippen MR) is 45.8 cm³/mol. The van der Waals surface area contributed by atoms with Crippen LogP contribution in [0, 0.1) is 0 Å². The second-order valence-corrected chi connectivity index (χ2v) is 1.67. The van der Waals surface area contributed by atoms with Crippen LogP contribution in [0.3, 0.4) is 0 Å². The summed E-state index contributed by atoms with van der Waals surface area (Å²) in [5.74, 6) is -0.914. The van der Waals surface area contributed by atoms with Crippen molar-refractivity contribution in [2.75, 3.05) is 13.2 Å². The third kappa shape index (κ3) is 23.2. The van der Waals surface area contributed by atoms with Crippen LogP contribution >= 0.6 is 0 Å². The van der Waals surface area contributed by atoms with Gasteiger partial charge in [-0.15, -0.1) is 0 Å². The van der Waals surface area contributed by atoms with Crippen LogP contribution < -0.4 is 0 Å². The van der Waals surface area contributed by atoms with E-state index < -0.39 is 5.97 Å². The number of carboxylic acids is 1. The first-order valence-electron chi connectivity index (χ1n) is 3.43. The van der Waals surface area contributed by atoms with Crippen molar-refractivity contribution in [1.82, 2.24) is 0 Å². The fourth-order valence-corrected chi connectivity index (χ4v) is 0.249. The second-order valence-electron chi connectivity index (χ2n) is 1.67. The monoisotopic (exact) mass is 174 g/mol. The summed E-state index contributed by atoms with van der Waals surface area (Å²) in [5.41, 5.74) is 0. The van der Waals surface area contributed by atoms with Gasteiger partial charge in [-0.25, -0.2) is 4.79 Å². The molecule has 0 saturated heterocycles. The Hall–Kier alpha value is -1.13. The van der Waals surface area contributed by atoms with Gasteiger partial charge in [0.2, 0.25) is 0 Å². The summed E-state index contributed by atoms with van der Waals surface area (Å²) in [6.07, 6.45) is 5.98. The molecule has 3 N–H and O–H groups in total. The summed E-state index contributed by atoms with van der Waals surface area (Å²) in [4.78, 5) is 9.75. The standard InChI is InChI=1S/C6H8O2.C2H6O2/c1-2-3-4-5-6(7)8;3-1-2-4/h2-5H,1H3,(H,7,8);3-4H,1-2H2/b3-2+,5-4+;. The maximum atomic E-state index is 9.75. The Balaban J connectivity index is 0. The van der Waals surface area contributed by atoms with Crippen molar-refractivity contribution >= 4 is 5.97 Å². The Morgan fingerprint density at radius 2 is 1.75 bits per heavy atom. The third-order valence-corrected chi connectivity index (χ3v) is 0.642. The predicted octanol–water partition coefficient (Wildman–Crippen LogP) is 0.174. The lowest BCUT2D eigenvalue weighted by atomic mass is 10.4. The lowest BCUT2D eigenvalue weighted by Crippen LogP contribution is -1.85. The van der Waals surface area contributed by atoms with Crippen molar-refractivity contribution in [1.29, 1.82) is 0 Å². The molecular formula is C8H14O4. The topological polar surface area (TPSA) is 77.8 Å². The number of aliphatic hydroxyl groups excluding tert-OH is 2. The van der Waals surface area contributed by atoms with Gasteiger partial charge in [0.1, 0.15) is 0 Å². The van der Waals surface area contributed by atoms with E-state index in [9.17, 15) is 4.79 Å². The van der Waals surface area contributed by atoms with Gasteiger partial charge >= 0.3 is 5.97 Å². The molecule has 4 heteroatoms. The Bertz CT molecular complexity index is 147. The minimum absolute atomic E-state index is 0.125. The summed E-state index contributed by atoms with van der Waals surface area (Å²) in [7, 11) is 0. The van der Waals surface area contributed by atoms with Gasteiger partial charge in [0.25, 0.3) is 0 Å². The van der Waals surface area contributed by atoms with Gasteiger partial charge in [0.15, 0.2) is 0 Å². The zero-order chi connectivity index (χ0) is 9.82. The van der Waals surface area contributed by atoms with Crippen molar-refractivity contribution in [3.8, 4) is 0 Å². The van der Waals surface area contributed by atoms with Gasteiger partial charge in [-0.3, -0.25) is 0 Å². The van der Waals surface area contributed by atoms with E-state index in [1.54, 1.807) is 12.2 Å². The fraction of sp³-hybridized carbons (Fsp3) is 0.375. The zero-order valence-corrected chi connectivity index (χ0v) is 6.97. The number of carboxylic acid groups (broad SMARTS) is 1. The lowest BCUT2D eigenvalue weighted by molar-refractivity contribution is -0.131. The summed E-state index contributed by atoms with van der Waals surface area (Å²) >= 11 is 0. The largest absolute Gasteiger partial charge is 0.478 e. The highest BCUT2D eigenvalue weighted by molar-refractivity contribution is 5.80. The summed E-state index contributed by atoms with van der Waals surface area (Å²) < 4.78 is 0. The Morgan fingerprint density at radius 1 is 1.25 bits per heavy atom. The Labute approximate surface area is 71.5 Å². The van der Waals surface area contributed by atoms with Crippen LogP contribution in [0.4, 0.5) is 0 Å². The Kier molecular flexibility index (Phi) is 14.1. The first-order valence-corrected chi connectivity index (χ1v) is 3.43.